The molecule has 0 spiro atoms. The number of carbonyl (C=O) groups excluding carboxylic acids is 1. The van der Waals surface area contributed by atoms with Crippen molar-refractivity contribution in [3.63, 3.8) is 0 Å². The van der Waals surface area contributed by atoms with Gasteiger partial charge >= 0.3 is 0 Å². The van der Waals surface area contributed by atoms with Gasteiger partial charge in [0.2, 0.25) is 5.12 Å². The van der Waals surface area contributed by atoms with Crippen molar-refractivity contribution in [2.45, 2.75) is 11.4 Å². The van der Waals surface area contributed by atoms with Gasteiger partial charge < -0.3 is 5.32 Å². The summed E-state index contributed by atoms with van der Waals surface area (Å²) < 4.78 is 0. The van der Waals surface area contributed by atoms with Crippen LogP contribution in [-0.2, 0) is 11.3 Å². The van der Waals surface area contributed by atoms with Gasteiger partial charge in [-0.15, -0.1) is 0 Å². The highest BCUT2D eigenvalue weighted by atomic mass is 32.2. The summed E-state index contributed by atoms with van der Waals surface area (Å²) in [4.78, 5) is 12.2. The van der Waals surface area contributed by atoms with Gasteiger partial charge in [0, 0.05) is 11.4 Å². The Bertz CT molecular complexity index is 311. The first kappa shape index (κ1) is 7.83. The highest BCUT2D eigenvalue weighted by Gasteiger charge is 2.12. The number of thioether (sulfide) groups is 1. The molecule has 0 atom stereocenters. The first-order valence-corrected chi connectivity index (χ1v) is 4.67. The van der Waals surface area contributed by atoms with Crippen molar-refractivity contribution in [3.8, 4) is 0 Å². The predicted molar refractivity (Wildman–Crippen MR) is 49.0 cm³/mol. The lowest BCUT2D eigenvalue weighted by atomic mass is 10.2. The maximum atomic E-state index is 11.1. The van der Waals surface area contributed by atoms with E-state index in [9.17, 15) is 4.79 Å². The monoisotopic (exact) mass is 179 g/mol. The molecular weight excluding hydrogens is 170 g/mol. The summed E-state index contributed by atoms with van der Waals surface area (Å²) in [5.41, 5.74) is 1.22. The van der Waals surface area contributed by atoms with Gasteiger partial charge in [0.15, 0.2) is 0 Å². The molecule has 2 rings (SSSR count). The van der Waals surface area contributed by atoms with Gasteiger partial charge in [0.05, 0.1) is 6.54 Å². The third-order valence-corrected chi connectivity index (χ3v) is 2.77. The van der Waals surface area contributed by atoms with Gasteiger partial charge in [-0.25, -0.2) is 0 Å². The summed E-state index contributed by atoms with van der Waals surface area (Å²) in [6, 6.07) is 8.00. The molecule has 3 heteroatoms. The predicted octanol–water partition coefficient (Wildman–Crippen LogP) is 1.41. The van der Waals surface area contributed by atoms with Gasteiger partial charge in [-0.05, 0) is 11.6 Å². The molecule has 1 N–H and O–H groups in total. The van der Waals surface area contributed by atoms with E-state index in [2.05, 4.69) is 5.32 Å². The zero-order valence-corrected chi connectivity index (χ0v) is 7.36. The van der Waals surface area contributed by atoms with Crippen LogP contribution in [0.15, 0.2) is 29.2 Å². The van der Waals surface area contributed by atoms with Gasteiger partial charge in [-0.3, -0.25) is 4.79 Å². The molecule has 2 nitrogen and oxygen atoms in total. The fourth-order valence-electron chi connectivity index (χ4n) is 1.21. The Morgan fingerprint density at radius 3 is 3.00 bits per heavy atom. The summed E-state index contributed by atoms with van der Waals surface area (Å²) in [6.07, 6.45) is 0. The molecule has 0 fully saturated rings. The molecule has 1 aliphatic heterocycles. The molecule has 0 aromatic heterocycles. The zero-order chi connectivity index (χ0) is 8.39. The van der Waals surface area contributed by atoms with E-state index < -0.39 is 0 Å². The molecule has 0 saturated carbocycles. The third kappa shape index (κ3) is 1.52. The molecule has 62 valence electrons. The molecular formula is C9H9NOS. The highest BCUT2D eigenvalue weighted by Crippen LogP contribution is 2.24. The molecule has 0 bridgehead atoms. The first-order valence-electron chi connectivity index (χ1n) is 3.85. The Morgan fingerprint density at radius 2 is 2.08 bits per heavy atom. The first-order chi connectivity index (χ1) is 5.86. The van der Waals surface area contributed by atoms with E-state index in [1.165, 1.54) is 17.3 Å². The minimum absolute atomic E-state index is 0.194. The molecule has 1 aliphatic rings. The van der Waals surface area contributed by atoms with Gasteiger partial charge in [-0.2, -0.15) is 0 Å². The van der Waals surface area contributed by atoms with E-state index >= 15 is 0 Å². The number of nitrogens with one attached hydrogen (secondary N) is 1. The Morgan fingerprint density at radius 1 is 1.25 bits per heavy atom. The largest absolute Gasteiger partial charge is 0.305 e. The smallest absolute Gasteiger partial charge is 0.207 e. The van der Waals surface area contributed by atoms with Crippen molar-refractivity contribution in [3.05, 3.63) is 29.8 Å². The van der Waals surface area contributed by atoms with Gasteiger partial charge in [-0.1, -0.05) is 30.0 Å². The second kappa shape index (κ2) is 3.29. The summed E-state index contributed by atoms with van der Waals surface area (Å²) in [5.74, 6) is 0. The lowest BCUT2D eigenvalue weighted by molar-refractivity contribution is -0.110. The van der Waals surface area contributed by atoms with Crippen LogP contribution in [0.5, 0.6) is 0 Å². The molecule has 1 aromatic rings. The van der Waals surface area contributed by atoms with Crippen molar-refractivity contribution in [2.75, 3.05) is 6.54 Å². The zero-order valence-electron chi connectivity index (χ0n) is 6.54. The van der Waals surface area contributed by atoms with Crippen LogP contribution in [0.2, 0.25) is 0 Å². The highest BCUT2D eigenvalue weighted by molar-refractivity contribution is 8.13. The summed E-state index contributed by atoms with van der Waals surface area (Å²) in [5, 5.41) is 3.28. The molecule has 12 heavy (non-hydrogen) atoms. The topological polar surface area (TPSA) is 29.1 Å². The molecule has 1 heterocycles. The minimum Gasteiger partial charge on any atom is -0.305 e. The minimum atomic E-state index is 0.194. The van der Waals surface area contributed by atoms with Crippen LogP contribution in [0.3, 0.4) is 0 Å². The summed E-state index contributed by atoms with van der Waals surface area (Å²) in [7, 11) is 0. The van der Waals surface area contributed by atoms with Crippen molar-refractivity contribution < 1.29 is 4.79 Å². The summed E-state index contributed by atoms with van der Waals surface area (Å²) in [6.45, 7) is 1.27. The van der Waals surface area contributed by atoms with Crippen LogP contribution in [0.25, 0.3) is 0 Å². The van der Waals surface area contributed by atoms with Gasteiger partial charge in [0.25, 0.3) is 0 Å². The number of fused-ring (bicyclic) bond motifs is 1. The maximum Gasteiger partial charge on any atom is 0.207 e. The average molecular weight is 179 g/mol. The Balaban J connectivity index is 2.37. The molecule has 1 aromatic carbocycles. The van der Waals surface area contributed by atoms with E-state index in [1.807, 2.05) is 24.3 Å². The second-order valence-electron chi connectivity index (χ2n) is 2.69. The average Bonchev–Trinajstić information content (AvgIpc) is 2.25. The van der Waals surface area contributed by atoms with Crippen LogP contribution in [0.1, 0.15) is 5.56 Å². The van der Waals surface area contributed by atoms with E-state index in [4.69, 9.17) is 0 Å². The number of rotatable bonds is 0. The van der Waals surface area contributed by atoms with Gasteiger partial charge in [0.1, 0.15) is 0 Å². The fourth-order valence-corrected chi connectivity index (χ4v) is 2.04. The lowest BCUT2D eigenvalue weighted by Crippen LogP contribution is -2.17. The molecule has 0 amide bonds. The van der Waals surface area contributed by atoms with Crippen molar-refractivity contribution in [2.24, 2.45) is 0 Å². The van der Waals surface area contributed by atoms with Crippen LogP contribution in [-0.4, -0.2) is 11.7 Å². The van der Waals surface area contributed by atoms with E-state index in [-0.39, 0.29) is 5.12 Å². The Labute approximate surface area is 75.4 Å². The standard InChI is InChI=1S/C9H9NOS/c11-9-6-10-5-7-3-1-2-4-8(7)12-9/h1-4,10H,5-6H2. The third-order valence-electron chi connectivity index (χ3n) is 1.78. The van der Waals surface area contributed by atoms with Crippen LogP contribution in [0.4, 0.5) is 0 Å². The Kier molecular flexibility index (Phi) is 2.15. The normalized spacial score (nSPS) is 16.8. The lowest BCUT2D eigenvalue weighted by Gasteiger charge is -2.00. The number of hydrogen-bond acceptors (Lipinski definition) is 3. The fraction of sp³-hybridized carbons (Fsp3) is 0.222. The molecule has 0 radical (unpaired) electrons. The van der Waals surface area contributed by atoms with Crippen molar-refractivity contribution >= 4 is 16.9 Å². The van der Waals surface area contributed by atoms with Crippen molar-refractivity contribution in [1.29, 1.82) is 0 Å². The molecule has 0 unspecified atom stereocenters. The summed E-state index contributed by atoms with van der Waals surface area (Å²) >= 11 is 1.33. The molecule has 0 saturated heterocycles. The van der Waals surface area contributed by atoms with E-state index in [0.717, 1.165) is 11.4 Å². The van der Waals surface area contributed by atoms with Crippen LogP contribution < -0.4 is 5.32 Å². The number of carbonyl (C=O) groups is 1. The second-order valence-corrected chi connectivity index (χ2v) is 3.78. The SMILES string of the molecule is O=C1CNCc2ccccc2S1. The number of hydrogen-bond donors (Lipinski definition) is 1. The van der Waals surface area contributed by atoms with Crippen LogP contribution >= 0.6 is 11.8 Å². The van der Waals surface area contributed by atoms with Crippen molar-refractivity contribution in [1.82, 2.24) is 5.32 Å². The maximum absolute atomic E-state index is 11.1. The quantitative estimate of drug-likeness (QED) is 0.653. The van der Waals surface area contributed by atoms with Crippen LogP contribution in [0, 0.1) is 0 Å². The van der Waals surface area contributed by atoms with E-state index in [1.54, 1.807) is 0 Å². The Hall–Kier alpha value is -0.800. The van der Waals surface area contributed by atoms with E-state index in [0.29, 0.717) is 6.54 Å². The number of benzene rings is 1. The molecule has 0 aliphatic carbocycles.